The maximum atomic E-state index is 11.8. The molecule has 156 valence electrons. The number of esters is 1. The zero-order chi connectivity index (χ0) is 21.1. The average Bonchev–Trinajstić information content (AvgIpc) is 2.72. The fraction of sp³-hybridized carbons (Fsp3) is 0.435. The van der Waals surface area contributed by atoms with Gasteiger partial charge in [0.2, 0.25) is 0 Å². The number of aryl methyl sites for hydroxylation is 1. The van der Waals surface area contributed by atoms with Gasteiger partial charge in [0, 0.05) is 30.1 Å². The molecule has 0 aliphatic carbocycles. The number of benzene rings is 1. The molecular formula is C23H31N3O3. The smallest absolute Gasteiger partial charge is 0.334 e. The Morgan fingerprint density at radius 1 is 1.07 bits per heavy atom. The number of hydrogen-bond acceptors (Lipinski definition) is 6. The van der Waals surface area contributed by atoms with Crippen LogP contribution < -0.4 is 4.74 Å². The summed E-state index contributed by atoms with van der Waals surface area (Å²) in [5, 5.41) is 0. The van der Waals surface area contributed by atoms with E-state index in [1.165, 1.54) is 24.8 Å². The molecule has 0 fully saturated rings. The van der Waals surface area contributed by atoms with Gasteiger partial charge in [0.15, 0.2) is 5.82 Å². The second kappa shape index (κ2) is 12.0. The monoisotopic (exact) mass is 397 g/mol. The summed E-state index contributed by atoms with van der Waals surface area (Å²) in [6, 6.07) is 7.57. The number of nitrogens with zero attached hydrogens (tertiary/aromatic N) is 3. The minimum atomic E-state index is -0.395. The lowest BCUT2D eigenvalue weighted by Crippen LogP contribution is -2.22. The maximum Gasteiger partial charge on any atom is 0.334 e. The van der Waals surface area contributed by atoms with Gasteiger partial charge in [-0.2, -0.15) is 0 Å². The van der Waals surface area contributed by atoms with Gasteiger partial charge in [-0.15, -0.1) is 0 Å². The Kier molecular flexibility index (Phi) is 9.31. The van der Waals surface area contributed by atoms with Crippen LogP contribution in [0, 0.1) is 0 Å². The van der Waals surface area contributed by atoms with Crippen molar-refractivity contribution in [1.82, 2.24) is 14.9 Å². The van der Waals surface area contributed by atoms with Gasteiger partial charge >= 0.3 is 5.97 Å². The number of rotatable bonds is 12. The van der Waals surface area contributed by atoms with Crippen molar-refractivity contribution in [3.63, 3.8) is 0 Å². The van der Waals surface area contributed by atoms with Crippen molar-refractivity contribution < 1.29 is 14.3 Å². The Bertz CT molecular complexity index is 771. The third kappa shape index (κ3) is 8.03. The SMILES string of the molecule is C=C(CN(C)C)C(=O)OCCOc1ccc(-c2ncc(CCCCC)cn2)cc1. The molecule has 0 spiro atoms. The third-order valence-corrected chi connectivity index (χ3v) is 4.27. The minimum Gasteiger partial charge on any atom is -0.490 e. The second-order valence-electron chi connectivity index (χ2n) is 7.22. The second-order valence-corrected chi connectivity index (χ2v) is 7.22. The molecule has 0 saturated carbocycles. The van der Waals surface area contributed by atoms with Gasteiger partial charge in [-0.05, 0) is 56.8 Å². The van der Waals surface area contributed by atoms with E-state index in [4.69, 9.17) is 9.47 Å². The van der Waals surface area contributed by atoms with Crippen LogP contribution in [-0.2, 0) is 16.0 Å². The Morgan fingerprint density at radius 3 is 2.38 bits per heavy atom. The summed E-state index contributed by atoms with van der Waals surface area (Å²) in [7, 11) is 3.75. The van der Waals surface area contributed by atoms with E-state index < -0.39 is 5.97 Å². The molecule has 1 aromatic carbocycles. The van der Waals surface area contributed by atoms with Gasteiger partial charge in [0.25, 0.3) is 0 Å². The summed E-state index contributed by atoms with van der Waals surface area (Å²) in [5.74, 6) is 1.00. The molecule has 0 N–H and O–H groups in total. The van der Waals surface area contributed by atoms with Crippen LogP contribution in [-0.4, -0.2) is 54.7 Å². The summed E-state index contributed by atoms with van der Waals surface area (Å²) in [5.41, 5.74) is 2.53. The van der Waals surface area contributed by atoms with Crippen molar-refractivity contribution in [1.29, 1.82) is 0 Å². The van der Waals surface area contributed by atoms with Gasteiger partial charge in [0.05, 0.1) is 0 Å². The molecule has 0 unspecified atom stereocenters. The molecule has 0 amide bonds. The zero-order valence-corrected chi connectivity index (χ0v) is 17.7. The fourth-order valence-electron chi connectivity index (χ4n) is 2.75. The van der Waals surface area contributed by atoms with Crippen LogP contribution in [0.3, 0.4) is 0 Å². The summed E-state index contributed by atoms with van der Waals surface area (Å²) < 4.78 is 10.8. The number of hydrogen-bond donors (Lipinski definition) is 0. The molecule has 1 aromatic heterocycles. The lowest BCUT2D eigenvalue weighted by Gasteiger charge is -2.12. The topological polar surface area (TPSA) is 64.6 Å². The maximum absolute atomic E-state index is 11.8. The van der Waals surface area contributed by atoms with Crippen LogP contribution in [0.2, 0.25) is 0 Å². The van der Waals surface area contributed by atoms with Gasteiger partial charge < -0.3 is 14.4 Å². The van der Waals surface area contributed by atoms with Crippen molar-refractivity contribution in [2.45, 2.75) is 32.6 Å². The number of carbonyl (C=O) groups is 1. The highest BCUT2D eigenvalue weighted by molar-refractivity contribution is 5.88. The first kappa shape index (κ1) is 22.6. The van der Waals surface area contributed by atoms with Crippen molar-refractivity contribution in [3.05, 3.63) is 54.4 Å². The van der Waals surface area contributed by atoms with Crippen molar-refractivity contribution in [2.75, 3.05) is 33.9 Å². The quantitative estimate of drug-likeness (QED) is 0.307. The van der Waals surface area contributed by atoms with E-state index in [9.17, 15) is 4.79 Å². The Morgan fingerprint density at radius 2 is 1.76 bits per heavy atom. The van der Waals surface area contributed by atoms with Crippen LogP contribution in [0.25, 0.3) is 11.4 Å². The minimum absolute atomic E-state index is 0.176. The van der Waals surface area contributed by atoms with Gasteiger partial charge in [-0.25, -0.2) is 14.8 Å². The lowest BCUT2D eigenvalue weighted by molar-refractivity contribution is -0.139. The zero-order valence-electron chi connectivity index (χ0n) is 17.7. The highest BCUT2D eigenvalue weighted by Gasteiger charge is 2.09. The lowest BCUT2D eigenvalue weighted by atomic mass is 10.1. The number of ether oxygens (including phenoxy) is 2. The van der Waals surface area contributed by atoms with E-state index >= 15 is 0 Å². The number of likely N-dealkylation sites (N-methyl/N-ethyl adjacent to an activating group) is 1. The third-order valence-electron chi connectivity index (χ3n) is 4.27. The predicted octanol–water partition coefficient (Wildman–Crippen LogP) is 3.92. The van der Waals surface area contributed by atoms with Crippen molar-refractivity contribution in [2.24, 2.45) is 0 Å². The summed E-state index contributed by atoms with van der Waals surface area (Å²) in [6.45, 7) is 6.85. The average molecular weight is 398 g/mol. The molecule has 6 heteroatoms. The first-order valence-electron chi connectivity index (χ1n) is 10.0. The van der Waals surface area contributed by atoms with Gasteiger partial charge in [-0.1, -0.05) is 26.3 Å². The van der Waals surface area contributed by atoms with E-state index in [2.05, 4.69) is 23.5 Å². The summed E-state index contributed by atoms with van der Waals surface area (Å²) >= 11 is 0. The van der Waals surface area contributed by atoms with E-state index in [1.807, 2.05) is 55.7 Å². The van der Waals surface area contributed by atoms with Gasteiger partial charge in [0.1, 0.15) is 19.0 Å². The molecule has 2 aromatic rings. The van der Waals surface area contributed by atoms with E-state index in [-0.39, 0.29) is 13.2 Å². The van der Waals surface area contributed by atoms with Crippen LogP contribution in [0.15, 0.2) is 48.8 Å². The molecule has 0 aliphatic heterocycles. The first-order chi connectivity index (χ1) is 14.0. The van der Waals surface area contributed by atoms with Crippen LogP contribution >= 0.6 is 0 Å². The molecule has 0 aliphatic rings. The largest absolute Gasteiger partial charge is 0.490 e. The number of carbonyl (C=O) groups excluding carboxylic acids is 1. The van der Waals surface area contributed by atoms with Crippen LogP contribution in [0.4, 0.5) is 0 Å². The molecular weight excluding hydrogens is 366 g/mol. The number of aromatic nitrogens is 2. The van der Waals surface area contributed by atoms with E-state index in [0.29, 0.717) is 23.7 Å². The molecule has 0 atom stereocenters. The Labute approximate surface area is 173 Å². The number of unbranched alkanes of at least 4 members (excludes halogenated alkanes) is 2. The molecule has 1 heterocycles. The van der Waals surface area contributed by atoms with Crippen LogP contribution in [0.1, 0.15) is 31.7 Å². The normalized spacial score (nSPS) is 10.8. The highest BCUT2D eigenvalue weighted by Crippen LogP contribution is 2.19. The fourth-order valence-corrected chi connectivity index (χ4v) is 2.75. The van der Waals surface area contributed by atoms with Crippen molar-refractivity contribution >= 4 is 5.97 Å². The molecule has 0 saturated heterocycles. The predicted molar refractivity (Wildman–Crippen MR) is 115 cm³/mol. The standard InChI is InChI=1S/C23H31N3O3/c1-5-6-7-8-19-15-24-22(25-16-19)20-9-11-21(12-10-20)28-13-14-29-23(27)18(2)17-26(3)4/h9-12,15-16H,2,5-8,13-14,17H2,1,3-4H3. The molecule has 0 bridgehead atoms. The van der Waals surface area contributed by atoms with Gasteiger partial charge in [-0.3, -0.25) is 0 Å². The highest BCUT2D eigenvalue weighted by atomic mass is 16.6. The molecule has 2 rings (SSSR count). The molecule has 0 radical (unpaired) electrons. The summed E-state index contributed by atoms with van der Waals surface area (Å²) in [4.78, 5) is 22.6. The van der Waals surface area contributed by atoms with Crippen LogP contribution in [0.5, 0.6) is 5.75 Å². The Balaban J connectivity index is 1.77. The Hall–Kier alpha value is -2.73. The first-order valence-corrected chi connectivity index (χ1v) is 10.0. The molecule has 29 heavy (non-hydrogen) atoms. The molecule has 6 nitrogen and oxygen atoms in total. The van der Waals surface area contributed by atoms with Crippen molar-refractivity contribution in [3.8, 4) is 17.1 Å². The van der Waals surface area contributed by atoms with E-state index in [0.717, 1.165) is 12.0 Å². The van der Waals surface area contributed by atoms with E-state index in [1.54, 1.807) is 0 Å². The summed E-state index contributed by atoms with van der Waals surface area (Å²) in [6.07, 6.45) is 8.44.